The van der Waals surface area contributed by atoms with Crippen molar-refractivity contribution < 1.29 is 18.0 Å². The van der Waals surface area contributed by atoms with Gasteiger partial charge in [0.15, 0.2) is 0 Å². The summed E-state index contributed by atoms with van der Waals surface area (Å²) in [6.07, 6.45) is 5.08. The van der Waals surface area contributed by atoms with Crippen LogP contribution in [-0.4, -0.2) is 43.8 Å². The van der Waals surface area contributed by atoms with Gasteiger partial charge in [0.25, 0.3) is 10.0 Å². The van der Waals surface area contributed by atoms with Gasteiger partial charge in [-0.25, -0.2) is 8.42 Å². The van der Waals surface area contributed by atoms with Crippen LogP contribution >= 0.6 is 34.8 Å². The first-order chi connectivity index (χ1) is 22.6. The van der Waals surface area contributed by atoms with Crippen molar-refractivity contribution in [3.63, 3.8) is 0 Å². The number of carbonyl (C=O) groups excluding carboxylic acids is 2. The highest BCUT2D eigenvalue weighted by Crippen LogP contribution is 2.29. The summed E-state index contributed by atoms with van der Waals surface area (Å²) in [4.78, 5) is 30.3. The van der Waals surface area contributed by atoms with Crippen molar-refractivity contribution in [3.8, 4) is 0 Å². The van der Waals surface area contributed by atoms with E-state index in [9.17, 15) is 18.0 Å². The van der Waals surface area contributed by atoms with E-state index in [-0.39, 0.29) is 35.5 Å². The van der Waals surface area contributed by atoms with E-state index < -0.39 is 28.5 Å². The van der Waals surface area contributed by atoms with Gasteiger partial charge < -0.3 is 10.2 Å². The first-order valence-corrected chi connectivity index (χ1v) is 18.1. The number of hydrogen-bond acceptors (Lipinski definition) is 4. The molecule has 0 bridgehead atoms. The number of sulfonamides is 1. The van der Waals surface area contributed by atoms with Crippen LogP contribution in [0, 0.1) is 0 Å². The SMILES string of the molecule is O=C(NC1CCCCC1)[C@@H](Cc1ccccc1)N(Cc1ccc(Cl)cc1Cl)C(=O)CN(c1cccc(Cl)c1)S(=O)(=O)c1ccccc1. The van der Waals surface area contributed by atoms with E-state index in [0.717, 1.165) is 42.0 Å². The molecule has 0 heterocycles. The van der Waals surface area contributed by atoms with Gasteiger partial charge >= 0.3 is 0 Å². The Morgan fingerprint density at radius 1 is 0.787 bits per heavy atom. The fourth-order valence-electron chi connectivity index (χ4n) is 5.81. The predicted octanol–water partition coefficient (Wildman–Crippen LogP) is 7.93. The summed E-state index contributed by atoms with van der Waals surface area (Å²) in [7, 11) is -4.23. The molecule has 0 radical (unpaired) electrons. The average molecular weight is 713 g/mol. The summed E-state index contributed by atoms with van der Waals surface area (Å²) in [5.74, 6) is -0.894. The minimum Gasteiger partial charge on any atom is -0.352 e. The molecule has 1 fully saturated rings. The van der Waals surface area contributed by atoms with Crippen LogP contribution in [0.1, 0.15) is 43.2 Å². The van der Waals surface area contributed by atoms with Gasteiger partial charge in [-0.05, 0) is 66.4 Å². The zero-order valence-electron chi connectivity index (χ0n) is 25.7. The first kappa shape index (κ1) is 34.8. The molecule has 4 aromatic rings. The highest BCUT2D eigenvalue weighted by atomic mass is 35.5. The lowest BCUT2D eigenvalue weighted by Gasteiger charge is -2.35. The Labute approximate surface area is 291 Å². The van der Waals surface area contributed by atoms with Crippen molar-refractivity contribution in [2.75, 3.05) is 10.8 Å². The van der Waals surface area contributed by atoms with E-state index in [1.807, 2.05) is 30.3 Å². The normalized spacial score (nSPS) is 14.3. The van der Waals surface area contributed by atoms with Crippen LogP contribution in [-0.2, 0) is 32.6 Å². The zero-order valence-corrected chi connectivity index (χ0v) is 28.8. The minimum atomic E-state index is -4.23. The molecule has 246 valence electrons. The largest absolute Gasteiger partial charge is 0.352 e. The summed E-state index contributed by atoms with van der Waals surface area (Å²) in [6, 6.07) is 27.6. The van der Waals surface area contributed by atoms with E-state index in [1.165, 1.54) is 23.1 Å². The van der Waals surface area contributed by atoms with Crippen LogP contribution in [0.5, 0.6) is 0 Å². The van der Waals surface area contributed by atoms with Crippen LogP contribution < -0.4 is 9.62 Å². The number of anilines is 1. The zero-order chi connectivity index (χ0) is 33.4. The van der Waals surface area contributed by atoms with E-state index in [4.69, 9.17) is 34.8 Å². The fourth-order valence-corrected chi connectivity index (χ4v) is 7.89. The molecular weight excluding hydrogens is 677 g/mol. The lowest BCUT2D eigenvalue weighted by molar-refractivity contribution is -0.140. The number of nitrogens with zero attached hydrogens (tertiary/aromatic N) is 2. The molecule has 0 spiro atoms. The Hall–Kier alpha value is -3.56. The second kappa shape index (κ2) is 16.0. The third-order valence-electron chi connectivity index (χ3n) is 8.28. The van der Waals surface area contributed by atoms with E-state index in [1.54, 1.807) is 54.6 Å². The van der Waals surface area contributed by atoms with E-state index >= 15 is 0 Å². The lowest BCUT2D eigenvalue weighted by Crippen LogP contribution is -2.55. The minimum absolute atomic E-state index is 0.00740. The number of halogens is 3. The maximum Gasteiger partial charge on any atom is 0.264 e. The predicted molar refractivity (Wildman–Crippen MR) is 188 cm³/mol. The van der Waals surface area contributed by atoms with Gasteiger partial charge in [0.05, 0.1) is 10.6 Å². The first-order valence-electron chi connectivity index (χ1n) is 15.5. The highest BCUT2D eigenvalue weighted by Gasteiger charge is 2.35. The third-order valence-corrected chi connectivity index (χ3v) is 10.9. The van der Waals surface area contributed by atoms with E-state index in [0.29, 0.717) is 20.6 Å². The fraction of sp³-hybridized carbons (Fsp3) is 0.278. The Balaban J connectivity index is 1.58. The van der Waals surface area contributed by atoms with Gasteiger partial charge in [-0.1, -0.05) is 115 Å². The van der Waals surface area contributed by atoms with Crippen LogP contribution in [0.15, 0.2) is 108 Å². The second-order valence-corrected chi connectivity index (χ2v) is 14.8. The second-order valence-electron chi connectivity index (χ2n) is 11.6. The Bertz CT molecular complexity index is 1790. The molecule has 0 unspecified atom stereocenters. The number of carbonyl (C=O) groups is 2. The summed E-state index contributed by atoms with van der Waals surface area (Å²) in [5, 5.41) is 4.25. The molecule has 1 aliphatic carbocycles. The Kier molecular flexibility index (Phi) is 11.9. The molecule has 1 N–H and O–H groups in total. The van der Waals surface area contributed by atoms with Crippen molar-refractivity contribution in [1.82, 2.24) is 10.2 Å². The molecule has 0 aromatic heterocycles. The molecule has 11 heteroatoms. The molecule has 2 amide bonds. The Morgan fingerprint density at radius 2 is 1.45 bits per heavy atom. The summed E-state index contributed by atoms with van der Waals surface area (Å²) in [5.41, 5.74) is 1.62. The molecule has 7 nitrogen and oxygen atoms in total. The maximum atomic E-state index is 14.6. The van der Waals surface area contributed by atoms with E-state index in [2.05, 4.69) is 5.32 Å². The van der Waals surface area contributed by atoms with Gasteiger partial charge in [-0.3, -0.25) is 13.9 Å². The smallest absolute Gasteiger partial charge is 0.264 e. The number of benzene rings is 4. The lowest BCUT2D eigenvalue weighted by atomic mass is 9.94. The molecule has 47 heavy (non-hydrogen) atoms. The van der Waals surface area contributed by atoms with Crippen molar-refractivity contribution in [3.05, 3.63) is 129 Å². The molecule has 0 saturated heterocycles. The van der Waals surface area contributed by atoms with Crippen molar-refractivity contribution in [2.45, 2.75) is 62.0 Å². The number of hydrogen-bond donors (Lipinski definition) is 1. The molecule has 4 aromatic carbocycles. The molecule has 1 atom stereocenters. The standard InChI is InChI=1S/C36H36Cl3N3O4S/c37-28-13-10-16-31(22-28)42(47(45,46)32-17-8-3-9-18-32)25-35(43)41(24-27-19-20-29(38)23-33(27)39)34(21-26-11-4-1-5-12-26)36(44)40-30-14-6-2-7-15-30/h1,3-5,8-13,16-20,22-23,30,34H,2,6-7,14-15,21,24-25H2,(H,40,44)/t34-/m1/s1. The molecule has 1 saturated carbocycles. The summed E-state index contributed by atoms with van der Waals surface area (Å²) < 4.78 is 29.2. The summed E-state index contributed by atoms with van der Waals surface area (Å²) >= 11 is 19.1. The van der Waals surface area contributed by atoms with Crippen LogP contribution in [0.4, 0.5) is 5.69 Å². The molecular formula is C36H36Cl3N3O4S. The van der Waals surface area contributed by atoms with Gasteiger partial charge in [-0.15, -0.1) is 0 Å². The van der Waals surface area contributed by atoms with Crippen LogP contribution in [0.3, 0.4) is 0 Å². The number of nitrogens with one attached hydrogen (secondary N) is 1. The quantitative estimate of drug-likeness (QED) is 0.162. The number of amides is 2. The average Bonchev–Trinajstić information content (AvgIpc) is 3.07. The topological polar surface area (TPSA) is 86.8 Å². The van der Waals surface area contributed by atoms with Gasteiger partial charge in [0, 0.05) is 34.1 Å². The van der Waals surface area contributed by atoms with Gasteiger partial charge in [0.2, 0.25) is 11.8 Å². The van der Waals surface area contributed by atoms with Crippen molar-refractivity contribution in [2.24, 2.45) is 0 Å². The van der Waals surface area contributed by atoms with Crippen molar-refractivity contribution >= 4 is 62.3 Å². The van der Waals surface area contributed by atoms with Gasteiger partial charge in [-0.2, -0.15) is 0 Å². The molecule has 5 rings (SSSR count). The summed E-state index contributed by atoms with van der Waals surface area (Å²) in [6.45, 7) is -0.649. The van der Waals surface area contributed by atoms with Gasteiger partial charge in [0.1, 0.15) is 12.6 Å². The third kappa shape index (κ3) is 9.08. The van der Waals surface area contributed by atoms with Crippen molar-refractivity contribution in [1.29, 1.82) is 0 Å². The monoisotopic (exact) mass is 711 g/mol. The number of rotatable bonds is 12. The Morgan fingerprint density at radius 3 is 2.11 bits per heavy atom. The van der Waals surface area contributed by atoms with Crippen LogP contribution in [0.2, 0.25) is 15.1 Å². The van der Waals surface area contributed by atoms with Crippen LogP contribution in [0.25, 0.3) is 0 Å². The molecule has 0 aliphatic heterocycles. The maximum absolute atomic E-state index is 14.6. The highest BCUT2D eigenvalue weighted by molar-refractivity contribution is 7.92. The molecule has 1 aliphatic rings.